The van der Waals surface area contributed by atoms with Gasteiger partial charge < -0.3 is 4.90 Å². The lowest BCUT2D eigenvalue weighted by Crippen LogP contribution is -2.21. The van der Waals surface area contributed by atoms with Crippen LogP contribution in [0.2, 0.25) is 0 Å². The summed E-state index contributed by atoms with van der Waals surface area (Å²) in [7, 11) is 0. The first kappa shape index (κ1) is 19.0. The standard InChI is InChI=1S/C21H23N5S/c1-4-25(5-2)18-13-11-17(12-14-18)20-23-24-21(27-16(3)15-22)26(20)19-9-7-6-8-10-19/h6-14,16H,4-5H2,1-3H3/t16-/m1/s1. The van der Waals surface area contributed by atoms with E-state index in [2.05, 4.69) is 59.3 Å². The number of anilines is 1. The van der Waals surface area contributed by atoms with Crippen LogP contribution >= 0.6 is 11.8 Å². The van der Waals surface area contributed by atoms with E-state index in [1.165, 1.54) is 17.4 Å². The van der Waals surface area contributed by atoms with Gasteiger partial charge in [-0.1, -0.05) is 30.0 Å². The summed E-state index contributed by atoms with van der Waals surface area (Å²) >= 11 is 1.42. The Morgan fingerprint density at radius 1 is 1.04 bits per heavy atom. The molecule has 27 heavy (non-hydrogen) atoms. The summed E-state index contributed by atoms with van der Waals surface area (Å²) in [4.78, 5) is 2.31. The van der Waals surface area contributed by atoms with Crippen molar-refractivity contribution in [3.63, 3.8) is 0 Å². The van der Waals surface area contributed by atoms with Gasteiger partial charge in [-0.2, -0.15) is 5.26 Å². The number of hydrogen-bond donors (Lipinski definition) is 0. The largest absolute Gasteiger partial charge is 0.372 e. The van der Waals surface area contributed by atoms with Crippen molar-refractivity contribution in [2.24, 2.45) is 0 Å². The first-order chi connectivity index (χ1) is 13.2. The molecule has 0 aliphatic carbocycles. The van der Waals surface area contributed by atoms with Gasteiger partial charge in [0.15, 0.2) is 11.0 Å². The van der Waals surface area contributed by atoms with Gasteiger partial charge in [-0.05, 0) is 57.2 Å². The van der Waals surface area contributed by atoms with Crippen LogP contribution in [0.3, 0.4) is 0 Å². The molecule has 1 atom stereocenters. The number of rotatable bonds is 7. The lowest BCUT2D eigenvalue weighted by Gasteiger charge is -2.21. The zero-order chi connectivity index (χ0) is 19.2. The maximum absolute atomic E-state index is 9.18. The van der Waals surface area contributed by atoms with Crippen molar-refractivity contribution in [1.82, 2.24) is 14.8 Å². The third-order valence-electron chi connectivity index (χ3n) is 4.37. The molecule has 0 fully saturated rings. The zero-order valence-electron chi connectivity index (χ0n) is 15.8. The van der Waals surface area contributed by atoms with E-state index in [4.69, 9.17) is 0 Å². The average Bonchev–Trinajstić information content (AvgIpc) is 3.13. The smallest absolute Gasteiger partial charge is 0.197 e. The molecule has 0 aliphatic heterocycles. The summed E-state index contributed by atoms with van der Waals surface area (Å²) in [5.41, 5.74) is 3.18. The van der Waals surface area contributed by atoms with Crippen LogP contribution in [-0.2, 0) is 0 Å². The van der Waals surface area contributed by atoms with Gasteiger partial charge in [-0.15, -0.1) is 10.2 Å². The maximum Gasteiger partial charge on any atom is 0.197 e. The van der Waals surface area contributed by atoms with E-state index in [0.29, 0.717) is 0 Å². The van der Waals surface area contributed by atoms with Crippen LogP contribution in [0.5, 0.6) is 0 Å². The highest BCUT2D eigenvalue weighted by atomic mass is 32.2. The molecule has 0 amide bonds. The molecule has 0 aliphatic rings. The summed E-state index contributed by atoms with van der Waals surface area (Å²) in [5.74, 6) is 0.778. The normalized spacial score (nSPS) is 11.8. The van der Waals surface area contributed by atoms with Gasteiger partial charge in [0.05, 0.1) is 11.3 Å². The van der Waals surface area contributed by atoms with Crippen LogP contribution in [0.1, 0.15) is 20.8 Å². The van der Waals surface area contributed by atoms with Gasteiger partial charge in [0, 0.05) is 30.0 Å². The summed E-state index contributed by atoms with van der Waals surface area (Å²) in [6.45, 7) is 8.13. The van der Waals surface area contributed by atoms with E-state index in [1.807, 2.05) is 41.8 Å². The van der Waals surface area contributed by atoms with Crippen LogP contribution in [0.4, 0.5) is 5.69 Å². The number of aromatic nitrogens is 3. The Morgan fingerprint density at radius 2 is 1.70 bits per heavy atom. The average molecular weight is 378 g/mol. The molecule has 0 spiro atoms. The molecule has 0 unspecified atom stereocenters. The first-order valence-corrected chi connectivity index (χ1v) is 9.98. The van der Waals surface area contributed by atoms with Crippen LogP contribution < -0.4 is 4.90 Å². The lowest BCUT2D eigenvalue weighted by molar-refractivity contribution is 0.866. The number of nitrogens with zero attached hydrogens (tertiary/aromatic N) is 5. The second-order valence-corrected chi connectivity index (χ2v) is 7.39. The second kappa shape index (κ2) is 8.74. The van der Waals surface area contributed by atoms with Gasteiger partial charge >= 0.3 is 0 Å². The Balaban J connectivity index is 2.04. The van der Waals surface area contributed by atoms with Gasteiger partial charge in [-0.25, -0.2) is 0 Å². The van der Waals surface area contributed by atoms with Gasteiger partial charge in [0.25, 0.3) is 0 Å². The molecule has 6 heteroatoms. The van der Waals surface area contributed by atoms with E-state index < -0.39 is 0 Å². The number of benzene rings is 2. The van der Waals surface area contributed by atoms with Crippen molar-refractivity contribution in [3.05, 3.63) is 54.6 Å². The van der Waals surface area contributed by atoms with Crippen molar-refractivity contribution >= 4 is 17.4 Å². The molecule has 3 rings (SSSR count). The van der Waals surface area contributed by atoms with E-state index in [1.54, 1.807) is 0 Å². The molecule has 0 N–H and O–H groups in total. The molecule has 2 aromatic carbocycles. The summed E-state index contributed by atoms with van der Waals surface area (Å²) < 4.78 is 2.02. The van der Waals surface area contributed by atoms with Crippen molar-refractivity contribution in [3.8, 4) is 23.1 Å². The van der Waals surface area contributed by atoms with Crippen LogP contribution in [0, 0.1) is 11.3 Å². The predicted octanol–water partition coefficient (Wildman–Crippen LogP) is 4.78. The minimum absolute atomic E-state index is 0.199. The third-order valence-corrected chi connectivity index (χ3v) is 5.30. The summed E-state index contributed by atoms with van der Waals surface area (Å²) in [5, 5.41) is 18.5. The molecular weight excluding hydrogens is 354 g/mol. The molecule has 138 valence electrons. The fraction of sp³-hybridized carbons (Fsp3) is 0.286. The quantitative estimate of drug-likeness (QED) is 0.554. The van der Waals surface area contributed by atoms with Crippen molar-refractivity contribution in [1.29, 1.82) is 5.26 Å². The van der Waals surface area contributed by atoms with Crippen LogP contribution in [0.25, 0.3) is 17.1 Å². The van der Waals surface area contributed by atoms with Gasteiger partial charge in [0.1, 0.15) is 0 Å². The number of nitriles is 1. The number of para-hydroxylation sites is 1. The number of thioether (sulfide) groups is 1. The van der Waals surface area contributed by atoms with E-state index in [-0.39, 0.29) is 5.25 Å². The highest BCUT2D eigenvalue weighted by Crippen LogP contribution is 2.30. The Bertz CT molecular complexity index is 908. The second-order valence-electron chi connectivity index (χ2n) is 6.09. The summed E-state index contributed by atoms with van der Waals surface area (Å²) in [6, 6.07) is 20.7. The fourth-order valence-electron chi connectivity index (χ4n) is 2.94. The topological polar surface area (TPSA) is 57.7 Å². The lowest BCUT2D eigenvalue weighted by atomic mass is 10.1. The van der Waals surface area contributed by atoms with Crippen molar-refractivity contribution in [2.45, 2.75) is 31.2 Å². The predicted molar refractivity (Wildman–Crippen MR) is 111 cm³/mol. The maximum atomic E-state index is 9.18. The van der Waals surface area contributed by atoms with Gasteiger partial charge in [-0.3, -0.25) is 4.57 Å². The Labute approximate surface area is 164 Å². The molecule has 0 radical (unpaired) electrons. The molecule has 3 aromatic rings. The minimum atomic E-state index is -0.199. The molecule has 0 bridgehead atoms. The van der Waals surface area contributed by atoms with Crippen molar-refractivity contribution < 1.29 is 0 Å². The van der Waals surface area contributed by atoms with E-state index >= 15 is 0 Å². The zero-order valence-corrected chi connectivity index (χ0v) is 16.6. The first-order valence-electron chi connectivity index (χ1n) is 9.10. The minimum Gasteiger partial charge on any atom is -0.372 e. The Morgan fingerprint density at radius 3 is 2.30 bits per heavy atom. The molecular formula is C21H23N5S. The number of hydrogen-bond acceptors (Lipinski definition) is 5. The van der Waals surface area contributed by atoms with Crippen LogP contribution in [-0.4, -0.2) is 33.1 Å². The molecule has 5 nitrogen and oxygen atoms in total. The van der Waals surface area contributed by atoms with Crippen molar-refractivity contribution in [2.75, 3.05) is 18.0 Å². The Hall–Kier alpha value is -2.78. The monoisotopic (exact) mass is 377 g/mol. The van der Waals surface area contributed by atoms with E-state index in [0.717, 1.165) is 35.3 Å². The van der Waals surface area contributed by atoms with Crippen LogP contribution in [0.15, 0.2) is 59.8 Å². The summed E-state index contributed by atoms with van der Waals surface area (Å²) in [6.07, 6.45) is 0. The van der Waals surface area contributed by atoms with E-state index in [9.17, 15) is 5.26 Å². The molecule has 0 saturated heterocycles. The van der Waals surface area contributed by atoms with Gasteiger partial charge in [0.2, 0.25) is 0 Å². The fourth-order valence-corrected chi connectivity index (χ4v) is 3.69. The highest BCUT2D eigenvalue weighted by Gasteiger charge is 2.18. The highest BCUT2D eigenvalue weighted by molar-refractivity contribution is 8.00. The Kier molecular flexibility index (Phi) is 6.15. The SMILES string of the molecule is CCN(CC)c1ccc(-c2nnc(S[C@H](C)C#N)n2-c2ccccc2)cc1. The molecule has 0 saturated carbocycles. The molecule has 1 heterocycles. The molecule has 1 aromatic heterocycles. The third kappa shape index (κ3) is 4.15.